The van der Waals surface area contributed by atoms with Crippen molar-refractivity contribution in [1.82, 2.24) is 20.2 Å². The topological polar surface area (TPSA) is 115 Å². The molecule has 4 aromatic rings. The number of urea groups is 1. The number of fused-ring (bicyclic) bond motifs is 1. The summed E-state index contributed by atoms with van der Waals surface area (Å²) in [7, 11) is 0. The first-order chi connectivity index (χ1) is 18.0. The fourth-order valence-corrected chi connectivity index (χ4v) is 6.06. The van der Waals surface area contributed by atoms with E-state index in [0.717, 1.165) is 11.3 Å². The van der Waals surface area contributed by atoms with E-state index in [4.69, 9.17) is 14.1 Å². The molecule has 0 saturated carbocycles. The lowest BCUT2D eigenvalue weighted by molar-refractivity contribution is -0.139. The quantitative estimate of drug-likeness (QED) is 0.193. The number of carbonyl (C=O) groups excluding carboxylic acids is 2. The van der Waals surface area contributed by atoms with Gasteiger partial charge in [0, 0.05) is 16.3 Å². The van der Waals surface area contributed by atoms with Gasteiger partial charge in [-0.1, -0.05) is 36.9 Å². The number of aromatic nitrogens is 2. The molecule has 1 aliphatic heterocycles. The third-order valence-corrected chi connectivity index (χ3v) is 7.91. The number of amides is 2. The summed E-state index contributed by atoms with van der Waals surface area (Å²) in [6, 6.07) is 13.3. The van der Waals surface area contributed by atoms with Crippen LogP contribution in [-0.4, -0.2) is 33.9 Å². The van der Waals surface area contributed by atoms with Crippen molar-refractivity contribution < 1.29 is 18.7 Å². The monoisotopic (exact) mass is 536 g/mol. The van der Waals surface area contributed by atoms with E-state index in [0.29, 0.717) is 32.5 Å². The van der Waals surface area contributed by atoms with E-state index in [1.165, 1.54) is 29.4 Å². The summed E-state index contributed by atoms with van der Waals surface area (Å²) in [6.07, 6.45) is 2.28. The van der Waals surface area contributed by atoms with Gasteiger partial charge in [0.2, 0.25) is 0 Å². The van der Waals surface area contributed by atoms with Crippen LogP contribution in [0.1, 0.15) is 30.5 Å². The average Bonchev–Trinajstić information content (AvgIpc) is 3.58. The number of carbonyl (C=O) groups is 2. The molecule has 5 rings (SSSR count). The molecule has 37 heavy (non-hydrogen) atoms. The fraction of sp³-hybridized carbons (Fsp3) is 0.231. The van der Waals surface area contributed by atoms with Crippen LogP contribution in [0, 0.1) is 0 Å². The Hall–Kier alpha value is -3.83. The third kappa shape index (κ3) is 4.92. The van der Waals surface area contributed by atoms with Gasteiger partial charge in [-0.15, -0.1) is 11.3 Å². The lowest BCUT2D eigenvalue weighted by atomic mass is 10.0. The van der Waals surface area contributed by atoms with Gasteiger partial charge in [0.05, 0.1) is 29.5 Å². The number of benzene rings is 1. The highest BCUT2D eigenvalue weighted by atomic mass is 32.2. The zero-order valence-corrected chi connectivity index (χ0v) is 21.8. The molecule has 9 nitrogen and oxygen atoms in total. The first kappa shape index (κ1) is 24.8. The molecule has 1 aliphatic rings. The minimum Gasteiger partial charge on any atom is -0.467 e. The van der Waals surface area contributed by atoms with E-state index in [1.807, 2.05) is 43.3 Å². The molecule has 0 spiro atoms. The standard InChI is InChI=1S/C26H24N4O5S2/c1-3-16-13-17-22(37-16)29-26(30(23(17)31)15-9-6-5-7-10-15)36-14-18-20(24(32)34-4-2)21(28-25(33)27-18)19-11-8-12-35-19/h5-13,21H,3-4,14H2,1-2H3,(H2,27,28,33)/t21-/m0/s1. The Morgan fingerprint density at radius 1 is 1.19 bits per heavy atom. The summed E-state index contributed by atoms with van der Waals surface area (Å²) in [6.45, 7) is 3.92. The molecule has 4 heterocycles. The molecule has 0 saturated heterocycles. The zero-order valence-electron chi connectivity index (χ0n) is 20.1. The molecule has 11 heteroatoms. The van der Waals surface area contributed by atoms with Crippen molar-refractivity contribution in [3.8, 4) is 5.69 Å². The third-order valence-electron chi connectivity index (χ3n) is 5.77. The summed E-state index contributed by atoms with van der Waals surface area (Å²) in [5.74, 6) is 0.00350. The predicted molar refractivity (Wildman–Crippen MR) is 142 cm³/mol. The Morgan fingerprint density at radius 2 is 2.00 bits per heavy atom. The van der Waals surface area contributed by atoms with E-state index in [2.05, 4.69) is 10.6 Å². The fourth-order valence-electron chi connectivity index (χ4n) is 4.07. The Labute approximate surface area is 220 Å². The van der Waals surface area contributed by atoms with Crippen molar-refractivity contribution in [2.45, 2.75) is 31.5 Å². The lowest BCUT2D eigenvalue weighted by Crippen LogP contribution is -2.46. The molecule has 0 radical (unpaired) electrons. The van der Waals surface area contributed by atoms with Crippen LogP contribution < -0.4 is 16.2 Å². The van der Waals surface area contributed by atoms with Crippen molar-refractivity contribution in [1.29, 1.82) is 0 Å². The number of nitrogens with zero attached hydrogens (tertiary/aromatic N) is 2. The van der Waals surface area contributed by atoms with Crippen molar-refractivity contribution >= 4 is 45.3 Å². The number of hydrogen-bond donors (Lipinski definition) is 2. The van der Waals surface area contributed by atoms with Gasteiger partial charge in [-0.3, -0.25) is 9.36 Å². The van der Waals surface area contributed by atoms with Crippen molar-refractivity contribution in [3.63, 3.8) is 0 Å². The number of rotatable bonds is 8. The van der Waals surface area contributed by atoms with Crippen LogP contribution in [-0.2, 0) is 16.0 Å². The Morgan fingerprint density at radius 3 is 2.70 bits per heavy atom. The van der Waals surface area contributed by atoms with Crippen molar-refractivity contribution in [3.05, 3.63) is 87.1 Å². The Kier molecular flexibility index (Phi) is 7.15. The van der Waals surface area contributed by atoms with Crippen LogP contribution in [0.2, 0.25) is 0 Å². The molecular formula is C26H24N4O5S2. The predicted octanol–water partition coefficient (Wildman–Crippen LogP) is 4.57. The number of aryl methyl sites for hydroxylation is 1. The lowest BCUT2D eigenvalue weighted by Gasteiger charge is -2.27. The van der Waals surface area contributed by atoms with Gasteiger partial charge in [0.25, 0.3) is 5.56 Å². The molecule has 0 fully saturated rings. The van der Waals surface area contributed by atoms with Gasteiger partial charge in [0.15, 0.2) is 5.16 Å². The van der Waals surface area contributed by atoms with Gasteiger partial charge < -0.3 is 19.8 Å². The molecule has 190 valence electrons. The SMILES string of the molecule is CCOC(=O)C1=C(CSc2nc3sc(CC)cc3c(=O)n2-c2ccccc2)NC(=O)N[C@H]1c1ccco1. The molecule has 1 aromatic carbocycles. The second-order valence-electron chi connectivity index (χ2n) is 8.10. The minimum atomic E-state index is -0.811. The van der Waals surface area contributed by atoms with Crippen molar-refractivity contribution in [2.24, 2.45) is 0 Å². The van der Waals surface area contributed by atoms with Crippen LogP contribution in [0.25, 0.3) is 15.9 Å². The highest BCUT2D eigenvalue weighted by Crippen LogP contribution is 2.32. The summed E-state index contributed by atoms with van der Waals surface area (Å²) >= 11 is 2.74. The number of hydrogen-bond acceptors (Lipinski definition) is 8. The highest BCUT2D eigenvalue weighted by molar-refractivity contribution is 7.99. The Balaban J connectivity index is 1.60. The summed E-state index contributed by atoms with van der Waals surface area (Å²) in [5.41, 5.74) is 1.11. The van der Waals surface area contributed by atoms with Crippen LogP contribution in [0.5, 0.6) is 0 Å². The maximum Gasteiger partial charge on any atom is 0.338 e. The Bertz CT molecular complexity index is 1540. The normalized spacial score (nSPS) is 15.5. The number of thiophene rings is 1. The number of ether oxygens (including phenoxy) is 1. The van der Waals surface area contributed by atoms with E-state index in [1.54, 1.807) is 23.6 Å². The van der Waals surface area contributed by atoms with Gasteiger partial charge in [-0.2, -0.15) is 0 Å². The maximum atomic E-state index is 13.6. The van der Waals surface area contributed by atoms with Gasteiger partial charge in [-0.05, 0) is 43.7 Å². The molecule has 2 N–H and O–H groups in total. The molecule has 0 aliphatic carbocycles. The first-order valence-electron chi connectivity index (χ1n) is 11.7. The molecule has 2 amide bonds. The molecule has 1 atom stereocenters. The number of furan rings is 1. The van der Waals surface area contributed by atoms with Gasteiger partial charge >= 0.3 is 12.0 Å². The largest absolute Gasteiger partial charge is 0.467 e. The van der Waals surface area contributed by atoms with E-state index < -0.39 is 18.0 Å². The van der Waals surface area contributed by atoms with E-state index >= 15 is 0 Å². The second-order valence-corrected chi connectivity index (χ2v) is 10.2. The zero-order chi connectivity index (χ0) is 25.9. The van der Waals surface area contributed by atoms with E-state index in [9.17, 15) is 14.4 Å². The number of esters is 1. The molecule has 3 aromatic heterocycles. The average molecular weight is 537 g/mol. The number of para-hydroxylation sites is 1. The molecule has 0 bridgehead atoms. The van der Waals surface area contributed by atoms with Crippen LogP contribution in [0.4, 0.5) is 4.79 Å². The van der Waals surface area contributed by atoms with Crippen LogP contribution >= 0.6 is 23.1 Å². The van der Waals surface area contributed by atoms with Crippen LogP contribution in [0.3, 0.4) is 0 Å². The minimum absolute atomic E-state index is 0.162. The van der Waals surface area contributed by atoms with Crippen LogP contribution in [0.15, 0.2) is 80.4 Å². The second kappa shape index (κ2) is 10.7. The summed E-state index contributed by atoms with van der Waals surface area (Å²) < 4.78 is 12.4. The summed E-state index contributed by atoms with van der Waals surface area (Å²) in [4.78, 5) is 45.7. The smallest absolute Gasteiger partial charge is 0.338 e. The van der Waals surface area contributed by atoms with E-state index in [-0.39, 0.29) is 23.5 Å². The number of nitrogens with one attached hydrogen (secondary N) is 2. The van der Waals surface area contributed by atoms with Crippen molar-refractivity contribution in [2.75, 3.05) is 12.4 Å². The summed E-state index contributed by atoms with van der Waals surface area (Å²) in [5, 5.41) is 6.50. The first-order valence-corrected chi connectivity index (χ1v) is 13.5. The highest BCUT2D eigenvalue weighted by Gasteiger charge is 2.35. The molecular weight excluding hydrogens is 512 g/mol. The molecule has 0 unspecified atom stereocenters. The maximum absolute atomic E-state index is 13.6. The van der Waals surface area contributed by atoms with Gasteiger partial charge in [-0.25, -0.2) is 14.6 Å². The van der Waals surface area contributed by atoms with Gasteiger partial charge in [0.1, 0.15) is 16.6 Å². The number of thioether (sulfide) groups is 1.